The molecule has 0 aromatic carbocycles. The van der Waals surface area contributed by atoms with Crippen molar-refractivity contribution in [3.8, 4) is 0 Å². The molecule has 5 heteroatoms. The average Bonchev–Trinajstić information content (AvgIpc) is 3.21. The molecule has 2 bridgehead atoms. The van der Waals surface area contributed by atoms with Crippen molar-refractivity contribution >= 4 is 16.5 Å². The topological polar surface area (TPSA) is 32.3 Å². The Bertz CT molecular complexity index is 556. The lowest BCUT2D eigenvalue weighted by Crippen LogP contribution is -2.64. The highest BCUT2D eigenvalue weighted by atomic mass is 32.1. The van der Waals surface area contributed by atoms with Gasteiger partial charge in [0, 0.05) is 25.2 Å². The van der Waals surface area contributed by atoms with Gasteiger partial charge >= 0.3 is 0 Å². The van der Waals surface area contributed by atoms with Gasteiger partial charge in [0.15, 0.2) is 0 Å². The van der Waals surface area contributed by atoms with Crippen LogP contribution in [0, 0.1) is 17.8 Å². The number of hydrogen-bond acceptors (Lipinski definition) is 5. The molecule has 3 aliphatic heterocycles. The number of rotatable bonds is 3. The maximum atomic E-state index is 4.39. The molecule has 0 N–H and O–H groups in total. The van der Waals surface area contributed by atoms with Gasteiger partial charge in [-0.05, 0) is 50.0 Å². The zero-order valence-corrected chi connectivity index (χ0v) is 16.2. The molecule has 1 aliphatic carbocycles. The molecule has 138 valence electrons. The molecule has 4 fully saturated rings. The van der Waals surface area contributed by atoms with E-state index in [0.29, 0.717) is 0 Å². The SMILES string of the molecule is c1nnc(N2C[C@H]3C[C@@H](C2)[C@H](CC2CCCCC2)N2CCCC[C@@H]32)s1. The van der Waals surface area contributed by atoms with Gasteiger partial charge in [0.1, 0.15) is 5.51 Å². The largest absolute Gasteiger partial charge is 0.346 e. The molecule has 5 rings (SSSR count). The number of anilines is 1. The molecule has 4 heterocycles. The van der Waals surface area contributed by atoms with Crippen LogP contribution in [0.25, 0.3) is 0 Å². The Balaban J connectivity index is 1.38. The summed E-state index contributed by atoms with van der Waals surface area (Å²) in [4.78, 5) is 5.57. The summed E-state index contributed by atoms with van der Waals surface area (Å²) in [6, 6.07) is 1.68. The predicted molar refractivity (Wildman–Crippen MR) is 103 cm³/mol. The molecule has 4 atom stereocenters. The summed E-state index contributed by atoms with van der Waals surface area (Å²) >= 11 is 1.72. The smallest absolute Gasteiger partial charge is 0.208 e. The van der Waals surface area contributed by atoms with Gasteiger partial charge in [0.25, 0.3) is 0 Å². The second-order valence-corrected chi connectivity index (χ2v) is 9.80. The molecule has 25 heavy (non-hydrogen) atoms. The van der Waals surface area contributed by atoms with E-state index in [1.165, 1.54) is 83.8 Å². The Hall–Kier alpha value is -0.680. The molecular weight excluding hydrogens is 328 g/mol. The maximum absolute atomic E-state index is 4.39. The van der Waals surface area contributed by atoms with Gasteiger partial charge in [-0.2, -0.15) is 0 Å². The fraction of sp³-hybridized carbons (Fsp3) is 0.900. The fourth-order valence-electron chi connectivity index (χ4n) is 6.46. The van der Waals surface area contributed by atoms with E-state index in [4.69, 9.17) is 0 Å². The summed E-state index contributed by atoms with van der Waals surface area (Å²) in [5.74, 6) is 2.69. The van der Waals surface area contributed by atoms with Crippen molar-refractivity contribution in [2.75, 3.05) is 24.5 Å². The highest BCUT2D eigenvalue weighted by Gasteiger charge is 2.47. The van der Waals surface area contributed by atoms with E-state index in [9.17, 15) is 0 Å². The Morgan fingerprint density at radius 1 is 1.00 bits per heavy atom. The first-order chi connectivity index (χ1) is 12.4. The van der Waals surface area contributed by atoms with E-state index in [1.54, 1.807) is 11.3 Å². The molecule has 0 unspecified atom stereocenters. The minimum absolute atomic E-state index is 0.834. The quantitative estimate of drug-likeness (QED) is 0.809. The summed E-state index contributed by atoms with van der Waals surface area (Å²) in [6.45, 7) is 3.79. The standard InChI is InChI=1S/C20H32N4S/c1-2-6-15(7-3-1)10-19-17-11-16(18-8-4-5-9-24(18)19)12-23(13-17)20-22-21-14-25-20/h14-19H,1-13H2/t16-,17+,18+,19+/m1/s1. The van der Waals surface area contributed by atoms with Crippen molar-refractivity contribution in [2.24, 2.45) is 17.8 Å². The zero-order chi connectivity index (χ0) is 16.6. The summed E-state index contributed by atoms with van der Waals surface area (Å²) in [5, 5.41) is 9.66. The van der Waals surface area contributed by atoms with E-state index in [0.717, 1.165) is 35.0 Å². The van der Waals surface area contributed by atoms with Crippen LogP contribution in [0.4, 0.5) is 5.13 Å². The van der Waals surface area contributed by atoms with E-state index >= 15 is 0 Å². The summed E-state index contributed by atoms with van der Waals surface area (Å²) < 4.78 is 0. The van der Waals surface area contributed by atoms with Gasteiger partial charge in [-0.25, -0.2) is 0 Å². The lowest BCUT2D eigenvalue weighted by atomic mass is 9.69. The van der Waals surface area contributed by atoms with Gasteiger partial charge in [0.05, 0.1) is 0 Å². The van der Waals surface area contributed by atoms with Crippen molar-refractivity contribution in [1.29, 1.82) is 0 Å². The van der Waals surface area contributed by atoms with Gasteiger partial charge in [-0.3, -0.25) is 4.90 Å². The monoisotopic (exact) mass is 360 g/mol. The van der Waals surface area contributed by atoms with Gasteiger partial charge in [0.2, 0.25) is 5.13 Å². The number of nitrogens with zero attached hydrogens (tertiary/aromatic N) is 4. The predicted octanol–water partition coefficient (Wildman–Crippen LogP) is 4.19. The van der Waals surface area contributed by atoms with Crippen LogP contribution in [0.3, 0.4) is 0 Å². The van der Waals surface area contributed by atoms with Crippen LogP contribution in [0.5, 0.6) is 0 Å². The number of hydrogen-bond donors (Lipinski definition) is 0. The molecule has 0 radical (unpaired) electrons. The highest BCUT2D eigenvalue weighted by molar-refractivity contribution is 7.13. The molecule has 1 aromatic heterocycles. The molecule has 4 aliphatic rings. The first-order valence-corrected chi connectivity index (χ1v) is 11.5. The van der Waals surface area contributed by atoms with Crippen molar-refractivity contribution in [1.82, 2.24) is 15.1 Å². The van der Waals surface area contributed by atoms with E-state index < -0.39 is 0 Å². The first kappa shape index (κ1) is 16.5. The minimum atomic E-state index is 0.834. The van der Waals surface area contributed by atoms with Crippen molar-refractivity contribution in [3.05, 3.63) is 5.51 Å². The Morgan fingerprint density at radius 2 is 1.84 bits per heavy atom. The van der Waals surface area contributed by atoms with Crippen LogP contribution < -0.4 is 4.90 Å². The van der Waals surface area contributed by atoms with Crippen LogP contribution in [0.1, 0.15) is 64.2 Å². The molecule has 4 nitrogen and oxygen atoms in total. The summed E-state index contributed by atoms with van der Waals surface area (Å²) in [6.07, 6.45) is 14.7. The summed E-state index contributed by atoms with van der Waals surface area (Å²) in [5.41, 5.74) is 1.89. The number of aromatic nitrogens is 2. The van der Waals surface area contributed by atoms with Crippen molar-refractivity contribution in [2.45, 2.75) is 76.3 Å². The molecule has 1 saturated carbocycles. The second kappa shape index (κ2) is 7.15. The van der Waals surface area contributed by atoms with Gasteiger partial charge in [-0.15, -0.1) is 10.2 Å². The van der Waals surface area contributed by atoms with E-state index in [-0.39, 0.29) is 0 Å². The summed E-state index contributed by atoms with van der Waals surface area (Å²) in [7, 11) is 0. The lowest BCUT2D eigenvalue weighted by Gasteiger charge is -2.57. The molecule has 0 spiro atoms. The number of piperidine rings is 3. The van der Waals surface area contributed by atoms with Crippen LogP contribution in [-0.2, 0) is 0 Å². The van der Waals surface area contributed by atoms with Crippen LogP contribution in [-0.4, -0.2) is 46.8 Å². The van der Waals surface area contributed by atoms with E-state index in [2.05, 4.69) is 20.0 Å². The Kier molecular flexibility index (Phi) is 4.71. The maximum Gasteiger partial charge on any atom is 0.208 e. The Labute approximate surface area is 156 Å². The molecule has 1 aromatic rings. The van der Waals surface area contributed by atoms with E-state index in [1.807, 2.05) is 5.51 Å². The second-order valence-electron chi connectivity index (χ2n) is 8.99. The third kappa shape index (κ3) is 3.23. The third-order valence-corrected chi connectivity index (χ3v) is 8.29. The van der Waals surface area contributed by atoms with Crippen LogP contribution >= 0.6 is 11.3 Å². The third-order valence-electron chi connectivity index (χ3n) is 7.54. The van der Waals surface area contributed by atoms with Crippen molar-refractivity contribution in [3.63, 3.8) is 0 Å². The zero-order valence-electron chi connectivity index (χ0n) is 15.4. The van der Waals surface area contributed by atoms with Crippen molar-refractivity contribution < 1.29 is 0 Å². The number of fused-ring (bicyclic) bond motifs is 4. The lowest BCUT2D eigenvalue weighted by molar-refractivity contribution is -0.0426. The molecule has 0 amide bonds. The minimum Gasteiger partial charge on any atom is -0.346 e. The average molecular weight is 361 g/mol. The Morgan fingerprint density at radius 3 is 2.68 bits per heavy atom. The van der Waals surface area contributed by atoms with Crippen LogP contribution in [0.15, 0.2) is 5.51 Å². The fourth-order valence-corrected chi connectivity index (χ4v) is 7.04. The van der Waals surface area contributed by atoms with Gasteiger partial charge < -0.3 is 4.90 Å². The highest BCUT2D eigenvalue weighted by Crippen LogP contribution is 2.45. The molecular formula is C20H32N4S. The normalized spacial score (nSPS) is 37.0. The van der Waals surface area contributed by atoms with Crippen LogP contribution in [0.2, 0.25) is 0 Å². The first-order valence-electron chi connectivity index (χ1n) is 10.7. The van der Waals surface area contributed by atoms with Gasteiger partial charge in [-0.1, -0.05) is 49.9 Å². The molecule has 3 saturated heterocycles.